The first-order valence-electron chi connectivity index (χ1n) is 5.72. The second-order valence-corrected chi connectivity index (χ2v) is 5.16. The van der Waals surface area contributed by atoms with Crippen molar-refractivity contribution in [1.82, 2.24) is 15.3 Å². The van der Waals surface area contributed by atoms with E-state index in [1.165, 1.54) is 4.88 Å². The summed E-state index contributed by atoms with van der Waals surface area (Å²) in [5, 5.41) is 5.49. The minimum Gasteiger partial charge on any atom is -0.380 e. The number of rotatable bonds is 3. The number of methoxy groups -OCH3 is 1. The zero-order valence-electron chi connectivity index (χ0n) is 9.64. The molecule has 0 saturated carbocycles. The van der Waals surface area contributed by atoms with E-state index in [0.717, 1.165) is 24.5 Å². The molecule has 0 amide bonds. The van der Waals surface area contributed by atoms with Gasteiger partial charge < -0.3 is 15.0 Å². The minimum absolute atomic E-state index is 0.286. The van der Waals surface area contributed by atoms with Crippen molar-refractivity contribution in [3.8, 4) is 10.6 Å². The fourth-order valence-electron chi connectivity index (χ4n) is 2.16. The highest BCUT2D eigenvalue weighted by molar-refractivity contribution is 7.13. The standard InChI is InChI=1S/C12H15N3OS/c1-16-8-5-9(13-6-8)12-14-7-10(15-12)11-3-2-4-17-11/h2-4,7-9,13H,5-6H2,1H3,(H,14,15). The van der Waals surface area contributed by atoms with Gasteiger partial charge in [0.1, 0.15) is 5.82 Å². The van der Waals surface area contributed by atoms with Gasteiger partial charge >= 0.3 is 0 Å². The molecular weight excluding hydrogens is 234 g/mol. The topological polar surface area (TPSA) is 49.9 Å². The van der Waals surface area contributed by atoms with Gasteiger partial charge in [0.15, 0.2) is 0 Å². The van der Waals surface area contributed by atoms with Crippen LogP contribution in [0.2, 0.25) is 0 Å². The smallest absolute Gasteiger partial charge is 0.123 e. The van der Waals surface area contributed by atoms with Crippen LogP contribution in [0.5, 0.6) is 0 Å². The summed E-state index contributed by atoms with van der Waals surface area (Å²) >= 11 is 1.72. The second kappa shape index (κ2) is 4.60. The largest absolute Gasteiger partial charge is 0.380 e. The quantitative estimate of drug-likeness (QED) is 0.876. The van der Waals surface area contributed by atoms with Gasteiger partial charge in [-0.25, -0.2) is 4.98 Å². The van der Waals surface area contributed by atoms with Crippen molar-refractivity contribution in [3.63, 3.8) is 0 Å². The fourth-order valence-corrected chi connectivity index (χ4v) is 2.85. The highest BCUT2D eigenvalue weighted by Crippen LogP contribution is 2.27. The number of H-pyrrole nitrogens is 1. The summed E-state index contributed by atoms with van der Waals surface area (Å²) in [4.78, 5) is 9.07. The number of hydrogen-bond acceptors (Lipinski definition) is 4. The fraction of sp³-hybridized carbons (Fsp3) is 0.417. The van der Waals surface area contributed by atoms with Crippen LogP contribution in [0.3, 0.4) is 0 Å². The Hall–Kier alpha value is -1.17. The summed E-state index contributed by atoms with van der Waals surface area (Å²) in [6.07, 6.45) is 3.19. The molecule has 1 aliphatic heterocycles. The molecule has 2 atom stereocenters. The van der Waals surface area contributed by atoms with Crippen LogP contribution in [-0.2, 0) is 4.74 Å². The molecule has 0 aliphatic carbocycles. The molecule has 2 unspecified atom stereocenters. The van der Waals surface area contributed by atoms with Crippen LogP contribution in [0.25, 0.3) is 10.6 Å². The SMILES string of the molecule is COC1CNC(c2ncc(-c3cccs3)[nH]2)C1. The number of ether oxygens (including phenoxy) is 1. The normalized spacial score (nSPS) is 24.3. The van der Waals surface area contributed by atoms with E-state index in [-0.39, 0.29) is 6.04 Å². The van der Waals surface area contributed by atoms with Gasteiger partial charge in [0.25, 0.3) is 0 Å². The van der Waals surface area contributed by atoms with Crippen LogP contribution in [0, 0.1) is 0 Å². The zero-order valence-corrected chi connectivity index (χ0v) is 10.5. The van der Waals surface area contributed by atoms with E-state index in [4.69, 9.17) is 4.74 Å². The predicted molar refractivity (Wildman–Crippen MR) is 68.1 cm³/mol. The van der Waals surface area contributed by atoms with E-state index >= 15 is 0 Å². The molecule has 17 heavy (non-hydrogen) atoms. The van der Waals surface area contributed by atoms with Crippen molar-refractivity contribution in [3.05, 3.63) is 29.5 Å². The van der Waals surface area contributed by atoms with Gasteiger partial charge in [0, 0.05) is 13.7 Å². The van der Waals surface area contributed by atoms with Gasteiger partial charge in [-0.1, -0.05) is 6.07 Å². The maximum absolute atomic E-state index is 5.34. The molecule has 3 rings (SSSR count). The van der Waals surface area contributed by atoms with Crippen LogP contribution in [0.1, 0.15) is 18.3 Å². The minimum atomic E-state index is 0.286. The van der Waals surface area contributed by atoms with Crippen molar-refractivity contribution < 1.29 is 4.74 Å². The zero-order chi connectivity index (χ0) is 11.7. The Morgan fingerprint density at radius 1 is 1.53 bits per heavy atom. The summed E-state index contributed by atoms with van der Waals surface area (Å²) in [6.45, 7) is 0.899. The van der Waals surface area contributed by atoms with E-state index in [0.29, 0.717) is 6.10 Å². The number of hydrogen-bond donors (Lipinski definition) is 2. The molecule has 2 aromatic rings. The van der Waals surface area contributed by atoms with Gasteiger partial charge in [-0.3, -0.25) is 0 Å². The number of nitrogens with one attached hydrogen (secondary N) is 2. The highest BCUT2D eigenvalue weighted by atomic mass is 32.1. The summed E-state index contributed by atoms with van der Waals surface area (Å²) in [5.74, 6) is 1.01. The van der Waals surface area contributed by atoms with Crippen molar-refractivity contribution in [2.45, 2.75) is 18.6 Å². The third-order valence-electron chi connectivity index (χ3n) is 3.14. The van der Waals surface area contributed by atoms with Gasteiger partial charge in [0.05, 0.1) is 28.9 Å². The van der Waals surface area contributed by atoms with Crippen molar-refractivity contribution in [1.29, 1.82) is 0 Å². The molecule has 0 spiro atoms. The molecule has 1 aliphatic rings. The molecule has 5 heteroatoms. The van der Waals surface area contributed by atoms with Crippen LogP contribution < -0.4 is 5.32 Å². The van der Waals surface area contributed by atoms with E-state index in [9.17, 15) is 0 Å². The molecule has 3 heterocycles. The molecule has 0 aromatic carbocycles. The molecule has 0 radical (unpaired) electrons. The lowest BCUT2D eigenvalue weighted by molar-refractivity contribution is 0.117. The van der Waals surface area contributed by atoms with E-state index < -0.39 is 0 Å². The Morgan fingerprint density at radius 2 is 2.47 bits per heavy atom. The first-order chi connectivity index (χ1) is 8.36. The van der Waals surface area contributed by atoms with E-state index in [1.807, 2.05) is 6.20 Å². The number of imidazole rings is 1. The predicted octanol–water partition coefficient (Wildman–Crippen LogP) is 2.19. The van der Waals surface area contributed by atoms with Crippen molar-refractivity contribution >= 4 is 11.3 Å². The van der Waals surface area contributed by atoms with Crippen LogP contribution in [0.15, 0.2) is 23.7 Å². The average molecular weight is 249 g/mol. The number of nitrogens with zero attached hydrogens (tertiary/aromatic N) is 1. The van der Waals surface area contributed by atoms with Gasteiger partial charge in [-0.15, -0.1) is 11.3 Å². The van der Waals surface area contributed by atoms with Gasteiger partial charge in [-0.05, 0) is 17.9 Å². The Bertz CT molecular complexity index is 480. The molecule has 1 saturated heterocycles. The first kappa shape index (κ1) is 11.0. The molecule has 4 nitrogen and oxygen atoms in total. The van der Waals surface area contributed by atoms with Crippen LogP contribution in [0.4, 0.5) is 0 Å². The molecule has 2 aromatic heterocycles. The Morgan fingerprint density at radius 3 is 3.18 bits per heavy atom. The maximum Gasteiger partial charge on any atom is 0.123 e. The lowest BCUT2D eigenvalue weighted by Crippen LogP contribution is -2.16. The summed E-state index contributed by atoms with van der Waals surface area (Å²) in [5.41, 5.74) is 1.10. The third-order valence-corrected chi connectivity index (χ3v) is 4.04. The summed E-state index contributed by atoms with van der Waals surface area (Å²) < 4.78 is 5.34. The lowest BCUT2D eigenvalue weighted by atomic mass is 10.2. The monoisotopic (exact) mass is 249 g/mol. The number of aromatic nitrogens is 2. The Balaban J connectivity index is 1.77. The third kappa shape index (κ3) is 2.13. The number of thiophene rings is 1. The van der Waals surface area contributed by atoms with Crippen molar-refractivity contribution in [2.24, 2.45) is 0 Å². The van der Waals surface area contributed by atoms with E-state index in [1.54, 1.807) is 18.4 Å². The van der Waals surface area contributed by atoms with E-state index in [2.05, 4.69) is 32.8 Å². The molecule has 2 N–H and O–H groups in total. The van der Waals surface area contributed by atoms with Gasteiger partial charge in [0.2, 0.25) is 0 Å². The molecule has 0 bridgehead atoms. The van der Waals surface area contributed by atoms with Crippen LogP contribution >= 0.6 is 11.3 Å². The maximum atomic E-state index is 5.34. The summed E-state index contributed by atoms with van der Waals surface area (Å²) in [6, 6.07) is 4.44. The lowest BCUT2D eigenvalue weighted by Gasteiger charge is -2.06. The number of aromatic amines is 1. The molecule has 90 valence electrons. The molecule has 1 fully saturated rings. The Labute approximate surface area is 104 Å². The Kier molecular flexibility index (Phi) is 2.96. The highest BCUT2D eigenvalue weighted by Gasteiger charge is 2.27. The average Bonchev–Trinajstić information content (AvgIpc) is 3.09. The molecular formula is C12H15N3OS. The first-order valence-corrected chi connectivity index (χ1v) is 6.59. The second-order valence-electron chi connectivity index (χ2n) is 4.21. The van der Waals surface area contributed by atoms with Crippen molar-refractivity contribution in [2.75, 3.05) is 13.7 Å². The van der Waals surface area contributed by atoms with Gasteiger partial charge in [-0.2, -0.15) is 0 Å². The van der Waals surface area contributed by atoms with Crippen LogP contribution in [-0.4, -0.2) is 29.7 Å². The summed E-state index contributed by atoms with van der Waals surface area (Å²) in [7, 11) is 1.76.